The van der Waals surface area contributed by atoms with Crippen molar-refractivity contribution in [2.45, 2.75) is 6.18 Å². The molecule has 0 bridgehead atoms. The van der Waals surface area contributed by atoms with Crippen molar-refractivity contribution in [3.63, 3.8) is 0 Å². The predicted molar refractivity (Wildman–Crippen MR) is 120 cm³/mol. The monoisotopic (exact) mass is 474 g/mol. The third kappa shape index (κ3) is 6.18. The topological polar surface area (TPSA) is 85.9 Å². The zero-order valence-electron chi connectivity index (χ0n) is 18.2. The number of carbonyl (C=O) groups is 2. The Kier molecular flexibility index (Phi) is 7.62. The molecule has 10 heteroatoms. The summed E-state index contributed by atoms with van der Waals surface area (Å²) in [4.78, 5) is 24.8. The van der Waals surface area contributed by atoms with Gasteiger partial charge in [-0.1, -0.05) is 18.2 Å². The molecule has 34 heavy (non-hydrogen) atoms. The Bertz CT molecular complexity index is 1150. The SMILES string of the molecule is COc1cc(NC(=O)c2ccccc2)c(OC)cc1NC(=O)COc1ccc(C(F)(F)F)cc1. The first-order valence-corrected chi connectivity index (χ1v) is 9.93. The number of benzene rings is 3. The summed E-state index contributed by atoms with van der Waals surface area (Å²) in [5.74, 6) is -0.327. The summed E-state index contributed by atoms with van der Waals surface area (Å²) < 4.78 is 53.8. The molecule has 2 N–H and O–H groups in total. The molecule has 0 aliphatic rings. The standard InChI is InChI=1S/C24H21F3N2O5/c1-32-20-13-19(29-23(31)15-6-4-3-5-7-15)21(33-2)12-18(20)28-22(30)14-34-17-10-8-16(9-11-17)24(25,26)27/h3-13H,14H2,1-2H3,(H,28,30)(H,29,31). The van der Waals surface area contributed by atoms with Crippen molar-refractivity contribution >= 4 is 23.2 Å². The van der Waals surface area contributed by atoms with Gasteiger partial charge in [-0.3, -0.25) is 9.59 Å². The van der Waals surface area contributed by atoms with Gasteiger partial charge in [0, 0.05) is 17.7 Å². The molecule has 0 heterocycles. The van der Waals surface area contributed by atoms with E-state index in [4.69, 9.17) is 14.2 Å². The molecule has 3 aromatic carbocycles. The van der Waals surface area contributed by atoms with Gasteiger partial charge < -0.3 is 24.8 Å². The first-order chi connectivity index (χ1) is 16.2. The zero-order chi connectivity index (χ0) is 24.7. The van der Waals surface area contributed by atoms with Gasteiger partial charge >= 0.3 is 6.18 Å². The van der Waals surface area contributed by atoms with Crippen molar-refractivity contribution in [1.82, 2.24) is 0 Å². The van der Waals surface area contributed by atoms with Crippen LogP contribution in [0.1, 0.15) is 15.9 Å². The van der Waals surface area contributed by atoms with Crippen LogP contribution in [0, 0.1) is 0 Å². The van der Waals surface area contributed by atoms with Crippen LogP contribution in [-0.4, -0.2) is 32.6 Å². The van der Waals surface area contributed by atoms with Crippen LogP contribution in [0.4, 0.5) is 24.5 Å². The van der Waals surface area contributed by atoms with Crippen LogP contribution < -0.4 is 24.8 Å². The Balaban J connectivity index is 1.69. The second-order valence-corrected chi connectivity index (χ2v) is 6.93. The molecule has 0 aromatic heterocycles. The van der Waals surface area contributed by atoms with E-state index in [2.05, 4.69) is 10.6 Å². The Morgan fingerprint density at radius 3 is 1.91 bits per heavy atom. The van der Waals surface area contributed by atoms with E-state index in [1.807, 2.05) is 0 Å². The number of hydrogen-bond donors (Lipinski definition) is 2. The Morgan fingerprint density at radius 1 is 0.824 bits per heavy atom. The van der Waals surface area contributed by atoms with Crippen molar-refractivity contribution in [3.05, 3.63) is 77.9 Å². The van der Waals surface area contributed by atoms with Crippen molar-refractivity contribution in [3.8, 4) is 17.2 Å². The van der Waals surface area contributed by atoms with Crippen LogP contribution in [0.2, 0.25) is 0 Å². The third-order valence-corrected chi connectivity index (χ3v) is 4.63. The van der Waals surface area contributed by atoms with E-state index in [1.165, 1.54) is 26.4 Å². The molecule has 0 fully saturated rings. The smallest absolute Gasteiger partial charge is 0.416 e. The fourth-order valence-electron chi connectivity index (χ4n) is 2.95. The maximum absolute atomic E-state index is 12.6. The quantitative estimate of drug-likeness (QED) is 0.480. The molecule has 0 atom stereocenters. The first kappa shape index (κ1) is 24.4. The molecule has 0 unspecified atom stereocenters. The van der Waals surface area contributed by atoms with Crippen LogP contribution in [0.25, 0.3) is 0 Å². The molecule has 0 radical (unpaired) electrons. The average Bonchev–Trinajstić information content (AvgIpc) is 2.83. The van der Waals surface area contributed by atoms with Gasteiger partial charge in [0.2, 0.25) is 0 Å². The molecule has 0 saturated heterocycles. The lowest BCUT2D eigenvalue weighted by Crippen LogP contribution is -2.21. The third-order valence-electron chi connectivity index (χ3n) is 4.63. The molecule has 178 valence electrons. The number of methoxy groups -OCH3 is 2. The van der Waals surface area contributed by atoms with Gasteiger partial charge in [-0.05, 0) is 36.4 Å². The molecular formula is C24H21F3N2O5. The van der Waals surface area contributed by atoms with E-state index in [0.717, 1.165) is 24.3 Å². The maximum Gasteiger partial charge on any atom is 0.416 e. The molecule has 0 aliphatic carbocycles. The summed E-state index contributed by atoms with van der Waals surface area (Å²) in [6.45, 7) is -0.455. The van der Waals surface area contributed by atoms with Gasteiger partial charge in [0.25, 0.3) is 11.8 Å². The number of halogens is 3. The average molecular weight is 474 g/mol. The highest BCUT2D eigenvalue weighted by molar-refractivity contribution is 6.05. The van der Waals surface area contributed by atoms with Crippen LogP contribution in [0.15, 0.2) is 66.7 Å². The molecule has 2 amide bonds. The lowest BCUT2D eigenvalue weighted by molar-refractivity contribution is -0.137. The number of ether oxygens (including phenoxy) is 3. The second-order valence-electron chi connectivity index (χ2n) is 6.93. The number of carbonyl (C=O) groups excluding carboxylic acids is 2. The van der Waals surface area contributed by atoms with Crippen molar-refractivity contribution in [1.29, 1.82) is 0 Å². The summed E-state index contributed by atoms with van der Waals surface area (Å²) in [7, 11) is 2.79. The number of amides is 2. The van der Waals surface area contributed by atoms with E-state index in [0.29, 0.717) is 11.3 Å². The Labute approximate surface area is 193 Å². The fourth-order valence-corrected chi connectivity index (χ4v) is 2.95. The van der Waals surface area contributed by atoms with Crippen molar-refractivity contribution in [2.75, 3.05) is 31.5 Å². The van der Waals surface area contributed by atoms with Gasteiger partial charge in [0.1, 0.15) is 17.2 Å². The minimum atomic E-state index is -4.46. The van der Waals surface area contributed by atoms with Gasteiger partial charge in [0.05, 0.1) is 31.2 Å². The number of alkyl halides is 3. The molecule has 0 saturated carbocycles. The molecule has 7 nitrogen and oxygen atoms in total. The van der Waals surface area contributed by atoms with E-state index in [9.17, 15) is 22.8 Å². The molecular weight excluding hydrogens is 453 g/mol. The van der Waals surface area contributed by atoms with Crippen LogP contribution >= 0.6 is 0 Å². The van der Waals surface area contributed by atoms with E-state index >= 15 is 0 Å². The minimum absolute atomic E-state index is 0.103. The molecule has 0 spiro atoms. The van der Waals surface area contributed by atoms with Gasteiger partial charge in [0.15, 0.2) is 6.61 Å². The summed E-state index contributed by atoms with van der Waals surface area (Å²) in [5, 5.41) is 5.33. The normalized spacial score (nSPS) is 10.9. The van der Waals surface area contributed by atoms with E-state index in [1.54, 1.807) is 30.3 Å². The molecule has 0 aliphatic heterocycles. The second kappa shape index (κ2) is 10.6. The summed E-state index contributed by atoms with van der Waals surface area (Å²) in [5.41, 5.74) is 0.201. The Hall–Kier alpha value is -4.21. The highest BCUT2D eigenvalue weighted by Gasteiger charge is 2.30. The summed E-state index contributed by atoms with van der Waals surface area (Å²) in [6.07, 6.45) is -4.46. The highest BCUT2D eigenvalue weighted by Crippen LogP contribution is 2.37. The lowest BCUT2D eigenvalue weighted by Gasteiger charge is -2.16. The maximum atomic E-state index is 12.6. The number of anilines is 2. The predicted octanol–water partition coefficient (Wildman–Crippen LogP) is 4.99. The van der Waals surface area contributed by atoms with E-state index in [-0.39, 0.29) is 28.8 Å². The van der Waals surface area contributed by atoms with Crippen LogP contribution in [0.5, 0.6) is 17.2 Å². The van der Waals surface area contributed by atoms with Crippen molar-refractivity contribution < 1.29 is 37.0 Å². The van der Waals surface area contributed by atoms with Gasteiger partial charge in [-0.15, -0.1) is 0 Å². The zero-order valence-corrected chi connectivity index (χ0v) is 18.2. The van der Waals surface area contributed by atoms with Crippen molar-refractivity contribution in [2.24, 2.45) is 0 Å². The molecule has 3 aromatic rings. The van der Waals surface area contributed by atoms with Gasteiger partial charge in [-0.2, -0.15) is 13.2 Å². The first-order valence-electron chi connectivity index (χ1n) is 9.93. The van der Waals surface area contributed by atoms with Gasteiger partial charge in [-0.25, -0.2) is 0 Å². The number of rotatable bonds is 8. The number of hydrogen-bond acceptors (Lipinski definition) is 5. The Morgan fingerprint density at radius 2 is 1.38 bits per heavy atom. The summed E-state index contributed by atoms with van der Waals surface area (Å²) >= 11 is 0. The van der Waals surface area contributed by atoms with E-state index < -0.39 is 24.3 Å². The van der Waals surface area contributed by atoms with Crippen LogP contribution in [0.3, 0.4) is 0 Å². The largest absolute Gasteiger partial charge is 0.494 e. The fraction of sp³-hybridized carbons (Fsp3) is 0.167. The summed E-state index contributed by atoms with van der Waals surface area (Å²) in [6, 6.07) is 15.5. The number of nitrogens with one attached hydrogen (secondary N) is 2. The van der Waals surface area contributed by atoms with Crippen LogP contribution in [-0.2, 0) is 11.0 Å². The highest BCUT2D eigenvalue weighted by atomic mass is 19.4. The minimum Gasteiger partial charge on any atom is -0.494 e. The molecule has 3 rings (SSSR count). The lowest BCUT2D eigenvalue weighted by atomic mass is 10.2.